The van der Waals surface area contributed by atoms with Gasteiger partial charge in [-0.3, -0.25) is 4.79 Å². The number of methoxy groups -OCH3 is 1. The fraction of sp³-hybridized carbons (Fsp3) is 0.227. The van der Waals surface area contributed by atoms with Crippen LogP contribution in [0.1, 0.15) is 11.8 Å². The van der Waals surface area contributed by atoms with Crippen molar-refractivity contribution in [1.29, 1.82) is 0 Å². The number of furan rings is 1. The van der Waals surface area contributed by atoms with Gasteiger partial charge in [-0.1, -0.05) is 24.3 Å². The number of hydrogen-bond donors (Lipinski definition) is 2. The summed E-state index contributed by atoms with van der Waals surface area (Å²) in [7, 11) is 1.63. The molecule has 0 saturated carbocycles. The predicted molar refractivity (Wildman–Crippen MR) is 114 cm³/mol. The summed E-state index contributed by atoms with van der Waals surface area (Å²) in [4.78, 5) is 13.7. The molecule has 0 fully saturated rings. The zero-order valence-corrected chi connectivity index (χ0v) is 16.6. The Morgan fingerprint density at radius 1 is 1.14 bits per heavy atom. The molecule has 0 aliphatic carbocycles. The number of carbonyl (C=O) groups excluding carboxylic acids is 1. The summed E-state index contributed by atoms with van der Waals surface area (Å²) < 4.78 is 11.5. The molecule has 2 N–H and O–H groups in total. The summed E-state index contributed by atoms with van der Waals surface area (Å²) in [5.74, 6) is 0.626. The number of fused-ring (bicyclic) bond motifs is 3. The zero-order valence-electron chi connectivity index (χ0n) is 15.8. The lowest BCUT2D eigenvalue weighted by molar-refractivity contribution is -0.121. The van der Waals surface area contributed by atoms with Crippen LogP contribution in [0, 0.1) is 0 Å². The highest BCUT2D eigenvalue weighted by molar-refractivity contribution is 7.09. The topological polar surface area (TPSA) is 63.5 Å². The predicted octanol–water partition coefficient (Wildman–Crippen LogP) is 4.82. The number of rotatable bonds is 7. The molecule has 0 aliphatic rings. The van der Waals surface area contributed by atoms with Crippen molar-refractivity contribution in [2.75, 3.05) is 19.0 Å². The van der Waals surface area contributed by atoms with Crippen LogP contribution in [0.2, 0.25) is 0 Å². The number of amides is 1. The largest absolute Gasteiger partial charge is 0.495 e. The molecule has 6 heteroatoms. The van der Waals surface area contributed by atoms with Gasteiger partial charge in [-0.05, 0) is 36.9 Å². The quantitative estimate of drug-likeness (QED) is 0.472. The van der Waals surface area contributed by atoms with Gasteiger partial charge >= 0.3 is 0 Å². The average Bonchev–Trinajstić information content (AvgIpc) is 3.34. The van der Waals surface area contributed by atoms with Crippen LogP contribution in [0.3, 0.4) is 0 Å². The fourth-order valence-corrected chi connectivity index (χ4v) is 3.96. The van der Waals surface area contributed by atoms with Crippen molar-refractivity contribution in [3.63, 3.8) is 0 Å². The highest BCUT2D eigenvalue weighted by Gasteiger charge is 2.17. The molecule has 4 rings (SSSR count). The number of carbonyl (C=O) groups is 1. The van der Waals surface area contributed by atoms with E-state index in [2.05, 4.69) is 16.7 Å². The molecule has 144 valence electrons. The van der Waals surface area contributed by atoms with Gasteiger partial charge in [0.25, 0.3) is 0 Å². The summed E-state index contributed by atoms with van der Waals surface area (Å²) in [6.45, 7) is 2.45. The lowest BCUT2D eigenvalue weighted by Gasteiger charge is -2.17. The summed E-state index contributed by atoms with van der Waals surface area (Å²) in [5.41, 5.74) is 2.32. The van der Waals surface area contributed by atoms with Crippen LogP contribution in [0.4, 0.5) is 5.69 Å². The molecule has 0 aliphatic heterocycles. The van der Waals surface area contributed by atoms with Crippen molar-refractivity contribution in [3.8, 4) is 5.75 Å². The number of anilines is 1. The minimum absolute atomic E-state index is 0.0525. The molecule has 1 amide bonds. The molecule has 4 aromatic rings. The molecular weight excluding hydrogens is 372 g/mol. The highest BCUT2D eigenvalue weighted by Crippen LogP contribution is 2.36. The van der Waals surface area contributed by atoms with E-state index in [0.29, 0.717) is 12.3 Å². The molecule has 0 radical (unpaired) electrons. The number of hydrogen-bond acceptors (Lipinski definition) is 5. The van der Waals surface area contributed by atoms with Gasteiger partial charge in [0.05, 0.1) is 12.8 Å². The first-order valence-corrected chi connectivity index (χ1v) is 10.1. The van der Waals surface area contributed by atoms with Crippen molar-refractivity contribution in [2.24, 2.45) is 0 Å². The lowest BCUT2D eigenvalue weighted by atomic mass is 10.1. The van der Waals surface area contributed by atoms with E-state index in [1.165, 1.54) is 4.88 Å². The standard InChI is InChI=1S/C22H22N2O3S/c1-14(22(25)23-10-9-15-6-5-11-28-15)24-18-13-20-17(12-21(18)26-2)16-7-3-4-8-19(16)27-20/h3-8,11-14,24H,9-10H2,1-2H3,(H,23,25)/t14-/m1/s1. The first kappa shape index (κ1) is 18.4. The third-order valence-electron chi connectivity index (χ3n) is 4.71. The van der Waals surface area contributed by atoms with E-state index in [9.17, 15) is 4.79 Å². The van der Waals surface area contributed by atoms with E-state index >= 15 is 0 Å². The molecule has 2 heterocycles. The first-order chi connectivity index (χ1) is 13.7. The Morgan fingerprint density at radius 3 is 2.79 bits per heavy atom. The normalized spacial score (nSPS) is 12.2. The monoisotopic (exact) mass is 394 g/mol. The molecule has 1 atom stereocenters. The van der Waals surface area contributed by atoms with Gasteiger partial charge in [-0.25, -0.2) is 0 Å². The van der Waals surface area contributed by atoms with E-state index < -0.39 is 6.04 Å². The van der Waals surface area contributed by atoms with Crippen LogP contribution < -0.4 is 15.4 Å². The maximum atomic E-state index is 12.4. The number of para-hydroxylation sites is 1. The van der Waals surface area contributed by atoms with Crippen molar-refractivity contribution in [1.82, 2.24) is 5.32 Å². The van der Waals surface area contributed by atoms with Crippen molar-refractivity contribution < 1.29 is 13.9 Å². The zero-order chi connectivity index (χ0) is 19.5. The second kappa shape index (κ2) is 7.94. The van der Waals surface area contributed by atoms with Gasteiger partial charge in [0, 0.05) is 28.3 Å². The molecule has 0 unspecified atom stereocenters. The molecule has 0 saturated heterocycles. The Bertz CT molecular complexity index is 1100. The van der Waals surface area contributed by atoms with Gasteiger partial charge < -0.3 is 19.8 Å². The second-order valence-corrected chi connectivity index (χ2v) is 7.67. The summed E-state index contributed by atoms with van der Waals surface area (Å²) in [6.07, 6.45) is 0.838. The van der Waals surface area contributed by atoms with E-state index in [-0.39, 0.29) is 5.91 Å². The fourth-order valence-electron chi connectivity index (χ4n) is 3.25. The first-order valence-electron chi connectivity index (χ1n) is 9.21. The number of ether oxygens (including phenoxy) is 1. The molecule has 5 nitrogen and oxygen atoms in total. The third-order valence-corrected chi connectivity index (χ3v) is 5.65. The Balaban J connectivity index is 1.49. The minimum atomic E-state index is -0.404. The van der Waals surface area contributed by atoms with Crippen molar-refractivity contribution >= 4 is 44.9 Å². The van der Waals surface area contributed by atoms with Crippen molar-refractivity contribution in [2.45, 2.75) is 19.4 Å². The van der Waals surface area contributed by atoms with E-state index in [1.54, 1.807) is 18.4 Å². The molecule has 0 spiro atoms. The number of thiophene rings is 1. The average molecular weight is 394 g/mol. The summed E-state index contributed by atoms with van der Waals surface area (Å²) in [6, 6.07) is 15.4. The minimum Gasteiger partial charge on any atom is -0.495 e. The van der Waals surface area contributed by atoms with Crippen LogP contribution in [0.25, 0.3) is 21.9 Å². The maximum absolute atomic E-state index is 12.4. The van der Waals surface area contributed by atoms with Crippen LogP contribution >= 0.6 is 11.3 Å². The second-order valence-electron chi connectivity index (χ2n) is 6.63. The Kier molecular flexibility index (Phi) is 5.21. The molecule has 0 bridgehead atoms. The van der Waals surface area contributed by atoms with Crippen LogP contribution in [-0.4, -0.2) is 25.6 Å². The van der Waals surface area contributed by atoms with Crippen LogP contribution in [-0.2, 0) is 11.2 Å². The summed E-state index contributed by atoms with van der Waals surface area (Å²) in [5, 5.41) is 10.3. The van der Waals surface area contributed by atoms with Crippen LogP contribution in [0.5, 0.6) is 5.75 Å². The Hall–Kier alpha value is -2.99. The van der Waals surface area contributed by atoms with Gasteiger partial charge in [-0.2, -0.15) is 0 Å². The molecule has 2 aromatic heterocycles. The number of nitrogens with one attached hydrogen (secondary N) is 2. The SMILES string of the molecule is COc1cc2c(cc1N[C@H](C)C(=O)NCCc1cccs1)oc1ccccc12. The number of benzene rings is 2. The summed E-state index contributed by atoms with van der Waals surface area (Å²) >= 11 is 1.70. The molecular formula is C22H22N2O3S. The van der Waals surface area contributed by atoms with Gasteiger partial charge in [0.2, 0.25) is 5.91 Å². The Labute approximate surface area is 167 Å². The van der Waals surface area contributed by atoms with Gasteiger partial charge in [0.15, 0.2) is 0 Å². The maximum Gasteiger partial charge on any atom is 0.242 e. The van der Waals surface area contributed by atoms with E-state index in [0.717, 1.165) is 34.0 Å². The van der Waals surface area contributed by atoms with Crippen LogP contribution in [0.15, 0.2) is 58.3 Å². The molecule has 28 heavy (non-hydrogen) atoms. The Morgan fingerprint density at radius 2 is 2.00 bits per heavy atom. The van der Waals surface area contributed by atoms with Gasteiger partial charge in [0.1, 0.15) is 23.0 Å². The van der Waals surface area contributed by atoms with Gasteiger partial charge in [-0.15, -0.1) is 11.3 Å². The third kappa shape index (κ3) is 3.68. The smallest absolute Gasteiger partial charge is 0.242 e. The highest BCUT2D eigenvalue weighted by atomic mass is 32.1. The lowest BCUT2D eigenvalue weighted by Crippen LogP contribution is -2.38. The van der Waals surface area contributed by atoms with E-state index in [4.69, 9.17) is 9.15 Å². The van der Waals surface area contributed by atoms with Crippen molar-refractivity contribution in [3.05, 3.63) is 58.8 Å². The van der Waals surface area contributed by atoms with E-state index in [1.807, 2.05) is 54.8 Å². The molecule has 2 aromatic carbocycles.